The molecule has 1 aliphatic carbocycles. The van der Waals surface area contributed by atoms with Crippen molar-refractivity contribution in [2.45, 2.75) is 75.9 Å². The maximum absolute atomic E-state index is 13.9. The van der Waals surface area contributed by atoms with Gasteiger partial charge in [-0.3, -0.25) is 53.2 Å². The minimum atomic E-state index is -1.55. The van der Waals surface area contributed by atoms with Crippen molar-refractivity contribution in [1.82, 2.24) is 46.2 Å². The number of amides is 5. The van der Waals surface area contributed by atoms with E-state index in [1.54, 1.807) is 20.8 Å². The fourth-order valence-corrected chi connectivity index (χ4v) is 8.81. The van der Waals surface area contributed by atoms with Gasteiger partial charge in [-0.05, 0) is 79.7 Å². The van der Waals surface area contributed by atoms with Crippen LogP contribution in [0.25, 0.3) is 10.8 Å². The number of fused-ring (bicyclic) bond motifs is 1. The number of hydrogen-bond acceptors (Lipinski definition) is 14. The number of nitrogens with one attached hydrogen (secondary N) is 5. The molecule has 2 aromatic carbocycles. The minimum absolute atomic E-state index is 0.0307. The molecule has 25 nitrogen and oxygen atoms in total. The number of benzene rings is 2. The minimum Gasteiger partial charge on any atom is -0.481 e. The molecule has 0 bridgehead atoms. The van der Waals surface area contributed by atoms with Crippen molar-refractivity contribution in [2.24, 2.45) is 11.8 Å². The topological polar surface area (TPSA) is 365 Å². The molecule has 0 radical (unpaired) electrons. The van der Waals surface area contributed by atoms with Crippen molar-refractivity contribution in [2.75, 3.05) is 91.6 Å². The summed E-state index contributed by atoms with van der Waals surface area (Å²) in [7, 11) is 0. The number of carboxylic acids is 6. The molecule has 1 heterocycles. The first kappa shape index (κ1) is 58.6. The highest BCUT2D eigenvalue weighted by Gasteiger charge is 2.31. The van der Waals surface area contributed by atoms with Crippen molar-refractivity contribution in [3.63, 3.8) is 0 Å². The second-order valence-corrected chi connectivity index (χ2v) is 18.5. The number of unbranched alkanes of at least 4 members (excludes halogenated alkanes) is 1. The van der Waals surface area contributed by atoms with E-state index in [9.17, 15) is 73.5 Å². The van der Waals surface area contributed by atoms with Gasteiger partial charge in [-0.2, -0.15) is 0 Å². The lowest BCUT2D eigenvalue weighted by Gasteiger charge is -2.33. The number of carbonyl (C=O) groups is 10. The summed E-state index contributed by atoms with van der Waals surface area (Å²) in [5, 5.41) is 71.1. The summed E-state index contributed by atoms with van der Waals surface area (Å²) in [6.45, 7) is 1.69. The lowest BCUT2D eigenvalue weighted by Crippen LogP contribution is -2.51. The molecule has 2 aliphatic rings. The van der Waals surface area contributed by atoms with Crippen molar-refractivity contribution >= 4 is 70.3 Å². The Labute approximate surface area is 421 Å². The van der Waals surface area contributed by atoms with E-state index in [1.165, 1.54) is 0 Å². The van der Waals surface area contributed by atoms with E-state index in [0.717, 1.165) is 10.8 Å². The Kier molecular flexibility index (Phi) is 24.2. The Morgan fingerprint density at radius 3 is 1.52 bits per heavy atom. The van der Waals surface area contributed by atoms with Gasteiger partial charge >= 0.3 is 41.8 Å². The Bertz CT molecular complexity index is 2210. The Morgan fingerprint density at radius 1 is 0.534 bits per heavy atom. The van der Waals surface area contributed by atoms with Crippen LogP contribution in [0.3, 0.4) is 0 Å². The van der Waals surface area contributed by atoms with Crippen LogP contribution in [0.1, 0.15) is 69.4 Å². The van der Waals surface area contributed by atoms with Crippen LogP contribution < -0.4 is 26.6 Å². The number of nitrogens with zero attached hydrogens (tertiary/aromatic N) is 4. The summed E-state index contributed by atoms with van der Waals surface area (Å²) in [5.74, 6) is -8.77. The first-order valence-corrected chi connectivity index (χ1v) is 24.4. The van der Waals surface area contributed by atoms with Crippen molar-refractivity contribution in [3.05, 3.63) is 48.0 Å². The Morgan fingerprint density at radius 2 is 1.03 bits per heavy atom. The van der Waals surface area contributed by atoms with Gasteiger partial charge < -0.3 is 57.2 Å². The van der Waals surface area contributed by atoms with Gasteiger partial charge in [0.25, 0.3) is 0 Å². The molecule has 0 spiro atoms. The van der Waals surface area contributed by atoms with Crippen LogP contribution in [0.15, 0.2) is 42.5 Å². The normalized spacial score (nSPS) is 18.8. The van der Waals surface area contributed by atoms with E-state index in [0.29, 0.717) is 50.9 Å². The van der Waals surface area contributed by atoms with Crippen LogP contribution in [-0.4, -0.2) is 214 Å². The molecule has 402 valence electrons. The zero-order chi connectivity index (χ0) is 53.5. The summed E-state index contributed by atoms with van der Waals surface area (Å²) in [5.41, 5.74) is 0.536. The fourth-order valence-electron chi connectivity index (χ4n) is 8.81. The average Bonchev–Trinajstić information content (AvgIpc) is 3.33. The number of rotatable bonds is 26. The molecule has 1 saturated heterocycles. The molecule has 5 amide bonds. The molecule has 4 rings (SSSR count). The van der Waals surface area contributed by atoms with Crippen LogP contribution >= 0.6 is 0 Å². The van der Waals surface area contributed by atoms with Gasteiger partial charge in [-0.15, -0.1) is 0 Å². The van der Waals surface area contributed by atoms with Gasteiger partial charge in [0.2, 0.25) is 17.7 Å². The lowest BCUT2D eigenvalue weighted by atomic mass is 9.81. The number of hydrogen-bond donors (Lipinski definition) is 11. The molecule has 11 N–H and O–H groups in total. The molecule has 1 aliphatic heterocycles. The van der Waals surface area contributed by atoms with E-state index in [2.05, 4.69) is 26.6 Å². The highest BCUT2D eigenvalue weighted by Crippen LogP contribution is 2.30. The second kappa shape index (κ2) is 30.2. The zero-order valence-corrected chi connectivity index (χ0v) is 40.7. The third kappa shape index (κ3) is 21.7. The van der Waals surface area contributed by atoms with Gasteiger partial charge in [-0.25, -0.2) is 14.4 Å². The molecular formula is C48H69N9O16. The van der Waals surface area contributed by atoms with Crippen LogP contribution in [0.4, 0.5) is 4.79 Å². The largest absolute Gasteiger partial charge is 0.481 e. The summed E-state index contributed by atoms with van der Waals surface area (Å²) < 4.78 is 0. The van der Waals surface area contributed by atoms with Crippen LogP contribution in [0.5, 0.6) is 0 Å². The molecule has 1 saturated carbocycles. The van der Waals surface area contributed by atoms with Crippen molar-refractivity contribution in [1.29, 1.82) is 0 Å². The molecule has 25 heteroatoms. The maximum atomic E-state index is 13.9. The van der Waals surface area contributed by atoms with E-state index in [4.69, 9.17) is 5.11 Å². The summed E-state index contributed by atoms with van der Waals surface area (Å²) >= 11 is 0. The van der Waals surface area contributed by atoms with Gasteiger partial charge in [0.1, 0.15) is 18.1 Å². The lowest BCUT2D eigenvalue weighted by molar-refractivity contribution is -0.141. The Hall–Kier alpha value is -6.96. The third-order valence-corrected chi connectivity index (χ3v) is 12.9. The standard InChI is InChI=1S/C48H69N9O16/c58-38(27-54-17-19-55(28-40(61)62)21-23-57(30-42(65)66)24-22-56(20-18-54)29-41(63)64)50-26-31-8-10-33(11-9-31)44(67)53-43(35-13-12-32-5-1-2-6-34(32)25-35)45(68)49-16-4-3-7-36(46(69)70)51-48(73)52-37(47(71)72)14-15-39(59)60/h1-2,5-6,12-13,25,31,33,36-37,43H,3-4,7-11,14-24,26-30H2,(H,49,68)(H,50,58)(H,53,67)(H,59,60)(H,61,62)(H,63,64)(H,65,66)(H,69,70)(H,71,72)(H2,51,52,73)/t31?,33?,36-,37-,43-/m0/s1. The Balaban J connectivity index is 1.30. The van der Waals surface area contributed by atoms with Crippen LogP contribution in [0, 0.1) is 11.8 Å². The van der Waals surface area contributed by atoms with E-state index < -0.39 is 84.6 Å². The number of urea groups is 1. The highest BCUT2D eigenvalue weighted by atomic mass is 16.4. The summed E-state index contributed by atoms with van der Waals surface area (Å²) in [6.07, 6.45) is 1.67. The molecule has 2 fully saturated rings. The second-order valence-electron chi connectivity index (χ2n) is 18.5. The SMILES string of the molecule is O=C(O)CC[C@H](NC(=O)N[C@@H](CCCCNC(=O)[C@@H](NC(=O)C1CCC(CNC(=O)CN2CCN(CC(=O)O)CCN(CC(=O)O)CCN(CC(=O)O)CC2)CC1)c1ccc2ccccc2c1)C(=O)O)C(=O)O. The first-order valence-electron chi connectivity index (χ1n) is 24.4. The summed E-state index contributed by atoms with van der Waals surface area (Å²) in [6, 6.07) is 7.79. The van der Waals surface area contributed by atoms with E-state index in [-0.39, 0.29) is 109 Å². The quantitative estimate of drug-likeness (QED) is 0.0541. The number of aliphatic carboxylic acids is 6. The van der Waals surface area contributed by atoms with Gasteiger partial charge in [-0.1, -0.05) is 36.4 Å². The van der Waals surface area contributed by atoms with Crippen LogP contribution in [-0.2, 0) is 43.2 Å². The number of carboxylic acid groups (broad SMARTS) is 6. The first-order chi connectivity index (χ1) is 34.8. The fraction of sp³-hybridized carbons (Fsp3) is 0.583. The zero-order valence-electron chi connectivity index (χ0n) is 40.7. The van der Waals surface area contributed by atoms with E-state index in [1.807, 2.05) is 41.3 Å². The van der Waals surface area contributed by atoms with Gasteiger partial charge in [0.15, 0.2) is 0 Å². The summed E-state index contributed by atoms with van der Waals surface area (Å²) in [4.78, 5) is 129. The maximum Gasteiger partial charge on any atom is 0.326 e. The highest BCUT2D eigenvalue weighted by molar-refractivity contribution is 5.91. The predicted octanol–water partition coefficient (Wildman–Crippen LogP) is -0.248. The predicted molar refractivity (Wildman–Crippen MR) is 260 cm³/mol. The van der Waals surface area contributed by atoms with Gasteiger partial charge in [0, 0.05) is 77.8 Å². The van der Waals surface area contributed by atoms with Crippen molar-refractivity contribution in [3.8, 4) is 0 Å². The molecule has 0 unspecified atom stereocenters. The van der Waals surface area contributed by atoms with E-state index >= 15 is 0 Å². The van der Waals surface area contributed by atoms with Crippen LogP contribution in [0.2, 0.25) is 0 Å². The molecule has 0 aromatic heterocycles. The average molecular weight is 1030 g/mol. The molecule has 2 aromatic rings. The van der Waals surface area contributed by atoms with Crippen molar-refractivity contribution < 1.29 is 78.6 Å². The third-order valence-electron chi connectivity index (χ3n) is 12.9. The monoisotopic (exact) mass is 1030 g/mol. The number of carbonyl (C=O) groups excluding carboxylic acids is 4. The molecule has 3 atom stereocenters. The molecular weight excluding hydrogens is 959 g/mol. The smallest absolute Gasteiger partial charge is 0.326 e. The van der Waals surface area contributed by atoms with Gasteiger partial charge in [0.05, 0.1) is 26.2 Å². The molecule has 73 heavy (non-hydrogen) atoms.